The lowest BCUT2D eigenvalue weighted by Crippen LogP contribution is -2.08. The Balaban J connectivity index is 1.72. The van der Waals surface area contributed by atoms with Crippen molar-refractivity contribution < 1.29 is 14.3 Å². The van der Waals surface area contributed by atoms with Crippen LogP contribution >= 0.6 is 11.6 Å². The van der Waals surface area contributed by atoms with Crippen molar-refractivity contribution in [3.8, 4) is 11.5 Å². The number of ether oxygens (including phenoxy) is 2. The third kappa shape index (κ3) is 2.92. The summed E-state index contributed by atoms with van der Waals surface area (Å²) >= 11 is 6.11. The highest BCUT2D eigenvalue weighted by atomic mass is 35.5. The second-order valence-electron chi connectivity index (χ2n) is 4.58. The van der Waals surface area contributed by atoms with E-state index in [1.165, 1.54) is 6.08 Å². The minimum atomic E-state index is -0.287. The number of carbonyl (C=O) groups is 1. The van der Waals surface area contributed by atoms with E-state index in [2.05, 4.69) is 10.4 Å². The number of nitrogens with one attached hydrogen (secondary N) is 1. The minimum absolute atomic E-state index is 0.157. The maximum absolute atomic E-state index is 12.0. The van der Waals surface area contributed by atoms with Crippen LogP contribution in [0.25, 0.3) is 6.08 Å². The van der Waals surface area contributed by atoms with Crippen LogP contribution in [0.15, 0.2) is 30.5 Å². The molecule has 2 aromatic rings. The van der Waals surface area contributed by atoms with Crippen LogP contribution in [-0.2, 0) is 11.3 Å². The van der Waals surface area contributed by atoms with Crippen molar-refractivity contribution in [3.63, 3.8) is 0 Å². The first-order valence-electron chi connectivity index (χ1n) is 6.77. The molecule has 1 amide bonds. The maximum atomic E-state index is 12.0. The van der Waals surface area contributed by atoms with Crippen LogP contribution < -0.4 is 14.8 Å². The lowest BCUT2D eigenvalue weighted by Gasteiger charge is -2.06. The normalized spacial score (nSPS) is 12.8. The van der Waals surface area contributed by atoms with Crippen LogP contribution in [0.3, 0.4) is 0 Å². The van der Waals surface area contributed by atoms with Crippen LogP contribution in [0.1, 0.15) is 12.6 Å². The molecule has 0 atom stereocenters. The molecule has 1 aromatic carbocycles. The maximum Gasteiger partial charge on any atom is 0.248 e. The standard InChI is InChI=1S/C15H14ClN3O3/c1-2-19-10(5-6-17-19)3-4-15(20)18-12-8-14-13(7-11(12)16)21-9-22-14/h3-8H,2,9H2,1H3,(H,18,20)/b4-3+. The number of anilines is 1. The Kier molecular flexibility index (Phi) is 4.02. The zero-order chi connectivity index (χ0) is 15.5. The largest absolute Gasteiger partial charge is 0.454 e. The molecule has 1 aliphatic heterocycles. The van der Waals surface area contributed by atoms with Crippen molar-refractivity contribution in [2.75, 3.05) is 12.1 Å². The Morgan fingerprint density at radius 2 is 2.23 bits per heavy atom. The first-order chi connectivity index (χ1) is 10.7. The van der Waals surface area contributed by atoms with Crippen molar-refractivity contribution in [2.45, 2.75) is 13.5 Å². The molecule has 2 heterocycles. The van der Waals surface area contributed by atoms with E-state index in [1.807, 2.05) is 13.0 Å². The predicted octanol–water partition coefficient (Wildman–Crippen LogP) is 2.94. The average Bonchev–Trinajstić information content (AvgIpc) is 3.13. The van der Waals surface area contributed by atoms with Gasteiger partial charge in [0.25, 0.3) is 0 Å². The summed E-state index contributed by atoms with van der Waals surface area (Å²) in [6.07, 6.45) is 4.83. The summed E-state index contributed by atoms with van der Waals surface area (Å²) in [5.41, 5.74) is 1.33. The van der Waals surface area contributed by atoms with Crippen molar-refractivity contribution >= 4 is 29.3 Å². The third-order valence-electron chi connectivity index (χ3n) is 3.17. The summed E-state index contributed by atoms with van der Waals surface area (Å²) < 4.78 is 12.3. The molecule has 3 rings (SSSR count). The number of halogens is 1. The van der Waals surface area contributed by atoms with E-state index < -0.39 is 0 Å². The van der Waals surface area contributed by atoms with Gasteiger partial charge < -0.3 is 14.8 Å². The highest BCUT2D eigenvalue weighted by Gasteiger charge is 2.17. The van der Waals surface area contributed by atoms with Crippen molar-refractivity contribution in [1.29, 1.82) is 0 Å². The molecule has 1 aliphatic rings. The van der Waals surface area contributed by atoms with Crippen molar-refractivity contribution in [1.82, 2.24) is 9.78 Å². The van der Waals surface area contributed by atoms with Gasteiger partial charge >= 0.3 is 0 Å². The first-order valence-corrected chi connectivity index (χ1v) is 7.15. The summed E-state index contributed by atoms with van der Waals surface area (Å²) in [6, 6.07) is 5.10. The Labute approximate surface area is 132 Å². The van der Waals surface area contributed by atoms with Gasteiger partial charge in [0, 0.05) is 31.0 Å². The molecule has 0 unspecified atom stereocenters. The van der Waals surface area contributed by atoms with E-state index >= 15 is 0 Å². The van der Waals surface area contributed by atoms with Gasteiger partial charge in [-0.3, -0.25) is 9.48 Å². The highest BCUT2D eigenvalue weighted by Crippen LogP contribution is 2.39. The summed E-state index contributed by atoms with van der Waals surface area (Å²) in [7, 11) is 0. The third-order valence-corrected chi connectivity index (χ3v) is 3.49. The van der Waals surface area contributed by atoms with Gasteiger partial charge in [0.15, 0.2) is 11.5 Å². The fraction of sp³-hybridized carbons (Fsp3) is 0.200. The topological polar surface area (TPSA) is 65.4 Å². The SMILES string of the molecule is CCn1nccc1/C=C/C(=O)Nc1cc2c(cc1Cl)OCO2. The fourth-order valence-electron chi connectivity index (χ4n) is 2.10. The van der Waals surface area contributed by atoms with E-state index in [0.29, 0.717) is 22.2 Å². The lowest BCUT2D eigenvalue weighted by molar-refractivity contribution is -0.111. The van der Waals surface area contributed by atoms with Crippen molar-refractivity contribution in [2.24, 2.45) is 0 Å². The highest BCUT2D eigenvalue weighted by molar-refractivity contribution is 6.34. The number of rotatable bonds is 4. The Bertz CT molecular complexity index is 740. The molecule has 1 aromatic heterocycles. The zero-order valence-corrected chi connectivity index (χ0v) is 12.6. The summed E-state index contributed by atoms with van der Waals surface area (Å²) in [5.74, 6) is 0.850. The molecule has 0 radical (unpaired) electrons. The number of carbonyl (C=O) groups excluding carboxylic acids is 1. The molecule has 7 heteroatoms. The zero-order valence-electron chi connectivity index (χ0n) is 11.9. The van der Waals surface area contributed by atoms with Gasteiger partial charge in [-0.15, -0.1) is 0 Å². The van der Waals surface area contributed by atoms with Crippen LogP contribution in [0.4, 0.5) is 5.69 Å². The number of hydrogen-bond donors (Lipinski definition) is 1. The number of nitrogens with zero attached hydrogens (tertiary/aromatic N) is 2. The Hall–Kier alpha value is -2.47. The van der Waals surface area contributed by atoms with Crippen LogP contribution in [0.2, 0.25) is 5.02 Å². The number of fused-ring (bicyclic) bond motifs is 1. The Morgan fingerprint density at radius 1 is 1.45 bits per heavy atom. The van der Waals surface area contributed by atoms with Crippen LogP contribution in [0, 0.1) is 0 Å². The second kappa shape index (κ2) is 6.11. The summed E-state index contributed by atoms with van der Waals surface area (Å²) in [5, 5.41) is 7.24. The van der Waals surface area contributed by atoms with Crippen molar-refractivity contribution in [3.05, 3.63) is 41.2 Å². The Morgan fingerprint density at radius 3 is 3.00 bits per heavy atom. The number of benzene rings is 1. The molecule has 0 aliphatic carbocycles. The number of amides is 1. The molecule has 6 nitrogen and oxygen atoms in total. The van der Waals surface area contributed by atoms with E-state index in [9.17, 15) is 4.79 Å². The summed E-state index contributed by atoms with van der Waals surface area (Å²) in [6.45, 7) is 2.88. The van der Waals surface area contributed by atoms with Gasteiger partial charge in [-0.05, 0) is 19.1 Å². The van der Waals surface area contributed by atoms with E-state index in [-0.39, 0.29) is 12.7 Å². The quantitative estimate of drug-likeness (QED) is 0.880. The smallest absolute Gasteiger partial charge is 0.248 e. The number of aromatic nitrogens is 2. The number of hydrogen-bond acceptors (Lipinski definition) is 4. The molecule has 0 saturated heterocycles. The number of aryl methyl sites for hydroxylation is 1. The molecule has 0 spiro atoms. The molecule has 1 N–H and O–H groups in total. The summed E-state index contributed by atoms with van der Waals surface area (Å²) in [4.78, 5) is 12.0. The molecule has 0 saturated carbocycles. The fourth-order valence-corrected chi connectivity index (χ4v) is 2.30. The molecular weight excluding hydrogens is 306 g/mol. The molecule has 0 bridgehead atoms. The van der Waals surface area contributed by atoms with E-state index in [4.69, 9.17) is 21.1 Å². The van der Waals surface area contributed by atoms with Gasteiger partial charge in [0.2, 0.25) is 12.7 Å². The molecule has 22 heavy (non-hydrogen) atoms. The van der Waals surface area contributed by atoms with Gasteiger partial charge in [-0.2, -0.15) is 5.10 Å². The lowest BCUT2D eigenvalue weighted by atomic mass is 10.2. The van der Waals surface area contributed by atoms with Gasteiger partial charge in [-0.25, -0.2) is 0 Å². The van der Waals surface area contributed by atoms with Gasteiger partial charge in [0.1, 0.15) is 0 Å². The molecule has 0 fully saturated rings. The second-order valence-corrected chi connectivity index (χ2v) is 4.99. The van der Waals surface area contributed by atoms with Gasteiger partial charge in [-0.1, -0.05) is 11.6 Å². The van der Waals surface area contributed by atoms with Gasteiger partial charge in [0.05, 0.1) is 16.4 Å². The first kappa shape index (κ1) is 14.5. The average molecular weight is 320 g/mol. The van der Waals surface area contributed by atoms with Crippen LogP contribution in [0.5, 0.6) is 11.5 Å². The van der Waals surface area contributed by atoms with E-state index in [1.54, 1.807) is 29.1 Å². The van der Waals surface area contributed by atoms with E-state index in [0.717, 1.165) is 12.2 Å². The molecular formula is C15H14ClN3O3. The predicted molar refractivity (Wildman–Crippen MR) is 83.1 cm³/mol. The monoisotopic (exact) mass is 319 g/mol. The minimum Gasteiger partial charge on any atom is -0.454 e. The van der Waals surface area contributed by atoms with Crippen LogP contribution in [-0.4, -0.2) is 22.5 Å². The molecule has 114 valence electrons.